The lowest BCUT2D eigenvalue weighted by Gasteiger charge is -2.26. The number of aliphatic imine (C=N–C) groups is 1. The Labute approximate surface area is 175 Å². The molecule has 2 rings (SSSR count). The molecule has 1 aliphatic heterocycles. The third kappa shape index (κ3) is 7.42. The highest BCUT2D eigenvalue weighted by Gasteiger charge is 2.19. The fraction of sp³-hybridized carbons (Fsp3) is 0.789. The van der Waals surface area contributed by atoms with Gasteiger partial charge in [-0.05, 0) is 32.1 Å². The second-order valence-corrected chi connectivity index (χ2v) is 7.80. The molecule has 0 aromatic carbocycles. The first-order valence-electron chi connectivity index (χ1n) is 9.42. The van der Waals surface area contributed by atoms with Crippen LogP contribution in [0.4, 0.5) is 0 Å². The molecule has 6 nitrogen and oxygen atoms in total. The number of hydrogen-bond donors (Lipinski definition) is 1. The van der Waals surface area contributed by atoms with Crippen LogP contribution in [0.3, 0.4) is 0 Å². The van der Waals surface area contributed by atoms with E-state index in [1.807, 2.05) is 6.20 Å². The monoisotopic (exact) mass is 478 g/mol. The van der Waals surface area contributed by atoms with Crippen LogP contribution in [0.2, 0.25) is 0 Å². The average Bonchev–Trinajstić information content (AvgIpc) is 3.07. The first-order valence-corrected chi connectivity index (χ1v) is 9.42. The van der Waals surface area contributed by atoms with Gasteiger partial charge in [0.25, 0.3) is 0 Å². The zero-order chi connectivity index (χ0) is 18.3. The van der Waals surface area contributed by atoms with Crippen molar-refractivity contribution in [1.82, 2.24) is 15.2 Å². The number of hydrogen-bond acceptors (Lipinski definition) is 4. The second-order valence-electron chi connectivity index (χ2n) is 7.80. The standard InChI is InChI=1S/C19H34N4O2.HI/c1-6-20-18(23(5)10-7-15-8-11-24-12-9-15)22-14-17-21-13-16(25-17)19(2,3)4;/h13,15H,6-12,14H2,1-5H3,(H,20,22);1H. The van der Waals surface area contributed by atoms with E-state index in [0.717, 1.165) is 43.9 Å². The number of guanidine groups is 1. The second kappa shape index (κ2) is 11.1. The Morgan fingerprint density at radius 2 is 2.04 bits per heavy atom. The fourth-order valence-electron chi connectivity index (χ4n) is 2.86. The first-order chi connectivity index (χ1) is 11.9. The van der Waals surface area contributed by atoms with E-state index in [4.69, 9.17) is 14.1 Å². The topological polar surface area (TPSA) is 62.9 Å². The van der Waals surface area contributed by atoms with Crippen LogP contribution in [0.25, 0.3) is 0 Å². The predicted octanol–water partition coefficient (Wildman–Crippen LogP) is 3.80. The van der Waals surface area contributed by atoms with Crippen molar-refractivity contribution in [2.75, 3.05) is 33.4 Å². The van der Waals surface area contributed by atoms with Gasteiger partial charge in [-0.2, -0.15) is 0 Å². The van der Waals surface area contributed by atoms with Gasteiger partial charge in [0.1, 0.15) is 12.3 Å². The van der Waals surface area contributed by atoms with Gasteiger partial charge in [-0.1, -0.05) is 20.8 Å². The van der Waals surface area contributed by atoms with Gasteiger partial charge in [0.15, 0.2) is 5.96 Å². The van der Waals surface area contributed by atoms with Crippen molar-refractivity contribution >= 4 is 29.9 Å². The van der Waals surface area contributed by atoms with Gasteiger partial charge in [-0.25, -0.2) is 9.98 Å². The average molecular weight is 478 g/mol. The maximum absolute atomic E-state index is 5.83. The maximum Gasteiger partial charge on any atom is 0.216 e. The maximum atomic E-state index is 5.83. The van der Waals surface area contributed by atoms with Gasteiger partial charge in [0.2, 0.25) is 5.89 Å². The van der Waals surface area contributed by atoms with E-state index in [1.165, 1.54) is 19.3 Å². The molecule has 1 N–H and O–H groups in total. The third-order valence-corrected chi connectivity index (χ3v) is 4.57. The molecule has 1 saturated heterocycles. The number of ether oxygens (including phenoxy) is 1. The van der Waals surface area contributed by atoms with Crippen LogP contribution in [0.1, 0.15) is 58.6 Å². The highest BCUT2D eigenvalue weighted by Crippen LogP contribution is 2.23. The molecule has 0 radical (unpaired) electrons. The summed E-state index contributed by atoms with van der Waals surface area (Å²) in [5.74, 6) is 3.24. The van der Waals surface area contributed by atoms with Crippen LogP contribution in [0, 0.1) is 5.92 Å². The van der Waals surface area contributed by atoms with Crippen molar-refractivity contribution in [3.63, 3.8) is 0 Å². The summed E-state index contributed by atoms with van der Waals surface area (Å²) in [6, 6.07) is 0. The Morgan fingerprint density at radius 1 is 1.35 bits per heavy atom. The lowest BCUT2D eigenvalue weighted by atomic mass is 9.94. The number of nitrogens with one attached hydrogen (secondary N) is 1. The van der Waals surface area contributed by atoms with Gasteiger partial charge >= 0.3 is 0 Å². The van der Waals surface area contributed by atoms with Crippen molar-refractivity contribution in [3.8, 4) is 0 Å². The van der Waals surface area contributed by atoms with Crippen molar-refractivity contribution in [2.45, 2.75) is 58.9 Å². The van der Waals surface area contributed by atoms with Crippen LogP contribution < -0.4 is 5.32 Å². The van der Waals surface area contributed by atoms with Crippen molar-refractivity contribution < 1.29 is 9.15 Å². The quantitative estimate of drug-likeness (QED) is 0.383. The van der Waals surface area contributed by atoms with Crippen LogP contribution in [-0.2, 0) is 16.7 Å². The Balaban J connectivity index is 0.00000338. The third-order valence-electron chi connectivity index (χ3n) is 4.57. The molecule has 0 atom stereocenters. The number of aromatic nitrogens is 1. The number of rotatable bonds is 6. The van der Waals surface area contributed by atoms with E-state index in [0.29, 0.717) is 12.4 Å². The van der Waals surface area contributed by atoms with E-state index >= 15 is 0 Å². The van der Waals surface area contributed by atoms with E-state index in [2.05, 4.69) is 49.9 Å². The largest absolute Gasteiger partial charge is 0.443 e. The molecule has 2 heterocycles. The van der Waals surface area contributed by atoms with Crippen molar-refractivity contribution in [1.29, 1.82) is 0 Å². The minimum atomic E-state index is -0.0278. The molecule has 7 heteroatoms. The Kier molecular flexibility index (Phi) is 9.92. The molecule has 1 aliphatic rings. The van der Waals surface area contributed by atoms with Crippen molar-refractivity contribution in [2.24, 2.45) is 10.9 Å². The smallest absolute Gasteiger partial charge is 0.216 e. The molecule has 0 bridgehead atoms. The van der Waals surface area contributed by atoms with Gasteiger partial charge in [-0.3, -0.25) is 0 Å². The van der Waals surface area contributed by atoms with Crippen LogP contribution in [0.5, 0.6) is 0 Å². The fourth-order valence-corrected chi connectivity index (χ4v) is 2.86. The molecule has 26 heavy (non-hydrogen) atoms. The SMILES string of the molecule is CCNC(=NCc1ncc(C(C)(C)C)o1)N(C)CCC1CCOCC1.I. The summed E-state index contributed by atoms with van der Waals surface area (Å²) in [7, 11) is 2.09. The van der Waals surface area contributed by atoms with E-state index in [-0.39, 0.29) is 29.4 Å². The summed E-state index contributed by atoms with van der Waals surface area (Å²) in [5.41, 5.74) is -0.0278. The minimum Gasteiger partial charge on any atom is -0.443 e. The molecule has 150 valence electrons. The lowest BCUT2D eigenvalue weighted by molar-refractivity contribution is 0.0625. The molecule has 1 fully saturated rings. The Bertz CT molecular complexity index is 548. The zero-order valence-electron chi connectivity index (χ0n) is 16.9. The molecule has 1 aromatic heterocycles. The van der Waals surface area contributed by atoms with Crippen molar-refractivity contribution in [3.05, 3.63) is 17.8 Å². The first kappa shape index (κ1) is 23.2. The minimum absolute atomic E-state index is 0. The lowest BCUT2D eigenvalue weighted by Crippen LogP contribution is -2.40. The Morgan fingerprint density at radius 3 is 2.62 bits per heavy atom. The summed E-state index contributed by atoms with van der Waals surface area (Å²) in [5, 5.41) is 3.36. The summed E-state index contributed by atoms with van der Waals surface area (Å²) in [6.07, 6.45) is 5.34. The summed E-state index contributed by atoms with van der Waals surface area (Å²) < 4.78 is 11.3. The summed E-state index contributed by atoms with van der Waals surface area (Å²) >= 11 is 0. The molecular formula is C19H35IN4O2. The molecular weight excluding hydrogens is 443 g/mol. The normalized spacial score (nSPS) is 16.3. The van der Waals surface area contributed by atoms with E-state index in [1.54, 1.807) is 0 Å². The van der Waals surface area contributed by atoms with Crippen LogP contribution in [-0.4, -0.2) is 49.2 Å². The molecule has 0 spiro atoms. The molecule has 0 saturated carbocycles. The number of halogens is 1. The van der Waals surface area contributed by atoms with Gasteiger partial charge in [-0.15, -0.1) is 24.0 Å². The Hall–Kier alpha value is -0.830. The summed E-state index contributed by atoms with van der Waals surface area (Å²) in [6.45, 7) is 12.6. The van der Waals surface area contributed by atoms with Crippen LogP contribution >= 0.6 is 24.0 Å². The van der Waals surface area contributed by atoms with Gasteiger partial charge in [0, 0.05) is 38.8 Å². The highest BCUT2D eigenvalue weighted by atomic mass is 127. The molecule has 0 aliphatic carbocycles. The molecule has 0 unspecified atom stereocenters. The molecule has 0 amide bonds. The van der Waals surface area contributed by atoms with Gasteiger partial charge < -0.3 is 19.4 Å². The van der Waals surface area contributed by atoms with E-state index in [9.17, 15) is 0 Å². The zero-order valence-corrected chi connectivity index (χ0v) is 19.2. The van der Waals surface area contributed by atoms with Crippen LogP contribution in [0.15, 0.2) is 15.6 Å². The van der Waals surface area contributed by atoms with Gasteiger partial charge in [0.05, 0.1) is 6.20 Å². The molecule has 1 aromatic rings. The highest BCUT2D eigenvalue weighted by molar-refractivity contribution is 14.0. The number of oxazole rings is 1. The summed E-state index contributed by atoms with van der Waals surface area (Å²) in [4.78, 5) is 11.3. The van der Waals surface area contributed by atoms with E-state index < -0.39 is 0 Å². The number of nitrogens with zero attached hydrogens (tertiary/aromatic N) is 3. The predicted molar refractivity (Wildman–Crippen MR) is 116 cm³/mol.